The maximum absolute atomic E-state index is 12.2. The Morgan fingerprint density at radius 1 is 1.09 bits per heavy atom. The van der Waals surface area contributed by atoms with E-state index in [0.29, 0.717) is 12.6 Å². The number of ether oxygens (including phenoxy) is 1. The molecule has 2 unspecified atom stereocenters. The molecule has 7 nitrogen and oxygen atoms in total. The third-order valence-corrected chi connectivity index (χ3v) is 6.02. The lowest BCUT2D eigenvalue weighted by molar-refractivity contribution is -0.127. The van der Waals surface area contributed by atoms with E-state index < -0.39 is 0 Å². The maximum atomic E-state index is 12.2. The SMILES string of the molecule is CN(C)C(=O)CN=C(NC1CCCN(c2ccccc2)C1)NC1CCOc2ccccc21. The fraction of sp³-hybridized carbons (Fsp3) is 0.440. The average molecular weight is 436 g/mol. The lowest BCUT2D eigenvalue weighted by Gasteiger charge is -2.36. The smallest absolute Gasteiger partial charge is 0.243 e. The van der Waals surface area contributed by atoms with Gasteiger partial charge in [0, 0.05) is 50.9 Å². The molecular weight excluding hydrogens is 402 g/mol. The summed E-state index contributed by atoms with van der Waals surface area (Å²) in [7, 11) is 3.51. The Balaban J connectivity index is 1.48. The second kappa shape index (κ2) is 10.4. The van der Waals surface area contributed by atoms with Crippen LogP contribution in [0.5, 0.6) is 5.75 Å². The van der Waals surface area contributed by atoms with Crippen molar-refractivity contribution in [1.82, 2.24) is 15.5 Å². The first-order valence-corrected chi connectivity index (χ1v) is 11.4. The van der Waals surface area contributed by atoms with E-state index in [2.05, 4.69) is 50.9 Å². The van der Waals surface area contributed by atoms with E-state index in [-0.39, 0.29) is 24.5 Å². The average Bonchev–Trinajstić information content (AvgIpc) is 2.83. The number of nitrogens with zero attached hydrogens (tertiary/aromatic N) is 3. The second-order valence-electron chi connectivity index (χ2n) is 8.59. The number of hydrogen-bond acceptors (Lipinski definition) is 4. The molecule has 2 aliphatic rings. The van der Waals surface area contributed by atoms with Crippen molar-refractivity contribution < 1.29 is 9.53 Å². The van der Waals surface area contributed by atoms with Crippen molar-refractivity contribution in [2.45, 2.75) is 31.3 Å². The number of rotatable bonds is 5. The van der Waals surface area contributed by atoms with Gasteiger partial charge in [-0.2, -0.15) is 0 Å². The van der Waals surface area contributed by atoms with Gasteiger partial charge >= 0.3 is 0 Å². The predicted octanol–water partition coefficient (Wildman–Crippen LogP) is 2.80. The number of piperidine rings is 1. The first-order valence-electron chi connectivity index (χ1n) is 11.4. The molecule has 2 aromatic rings. The van der Waals surface area contributed by atoms with Gasteiger partial charge in [-0.1, -0.05) is 36.4 Å². The summed E-state index contributed by atoms with van der Waals surface area (Å²) in [4.78, 5) is 20.8. The third kappa shape index (κ3) is 5.52. The summed E-state index contributed by atoms with van der Waals surface area (Å²) in [5.74, 6) is 1.57. The third-order valence-electron chi connectivity index (χ3n) is 6.02. The fourth-order valence-electron chi connectivity index (χ4n) is 4.24. The largest absolute Gasteiger partial charge is 0.493 e. The lowest BCUT2D eigenvalue weighted by atomic mass is 10.0. The highest BCUT2D eigenvalue weighted by Crippen LogP contribution is 2.31. The van der Waals surface area contributed by atoms with Gasteiger partial charge in [-0.15, -0.1) is 0 Å². The Hall–Kier alpha value is -3.22. The summed E-state index contributed by atoms with van der Waals surface area (Å²) in [6, 6.07) is 19.0. The van der Waals surface area contributed by atoms with Crippen LogP contribution in [-0.4, -0.2) is 63.1 Å². The number of amides is 1. The summed E-state index contributed by atoms with van der Waals surface area (Å²) >= 11 is 0. The molecule has 0 aliphatic carbocycles. The van der Waals surface area contributed by atoms with Crippen molar-refractivity contribution in [3.8, 4) is 5.75 Å². The number of para-hydroxylation sites is 2. The lowest BCUT2D eigenvalue weighted by Crippen LogP contribution is -2.52. The summed E-state index contributed by atoms with van der Waals surface area (Å²) in [6.07, 6.45) is 3.02. The zero-order chi connectivity index (χ0) is 22.3. The fourth-order valence-corrected chi connectivity index (χ4v) is 4.24. The Morgan fingerprint density at radius 3 is 2.69 bits per heavy atom. The molecule has 0 radical (unpaired) electrons. The van der Waals surface area contributed by atoms with Gasteiger partial charge in [0.1, 0.15) is 12.3 Å². The number of likely N-dealkylation sites (N-methyl/N-ethyl adjacent to an activating group) is 1. The number of fused-ring (bicyclic) bond motifs is 1. The van der Waals surface area contributed by atoms with Crippen molar-refractivity contribution >= 4 is 17.6 Å². The van der Waals surface area contributed by atoms with E-state index in [1.807, 2.05) is 24.3 Å². The van der Waals surface area contributed by atoms with Crippen LogP contribution in [0.25, 0.3) is 0 Å². The van der Waals surface area contributed by atoms with Crippen LogP contribution in [0.1, 0.15) is 30.9 Å². The number of carbonyl (C=O) groups is 1. The van der Waals surface area contributed by atoms with Crippen molar-refractivity contribution in [1.29, 1.82) is 0 Å². The Labute approximate surface area is 190 Å². The van der Waals surface area contributed by atoms with Crippen LogP contribution in [0.2, 0.25) is 0 Å². The van der Waals surface area contributed by atoms with Gasteiger partial charge in [-0.05, 0) is 31.0 Å². The molecule has 1 amide bonds. The van der Waals surface area contributed by atoms with Crippen LogP contribution in [0.15, 0.2) is 59.6 Å². The van der Waals surface area contributed by atoms with Gasteiger partial charge < -0.3 is 25.2 Å². The number of benzene rings is 2. The highest BCUT2D eigenvalue weighted by Gasteiger charge is 2.25. The van der Waals surface area contributed by atoms with Gasteiger partial charge in [0.05, 0.1) is 12.6 Å². The quantitative estimate of drug-likeness (QED) is 0.558. The molecular formula is C25H33N5O2. The van der Waals surface area contributed by atoms with E-state index in [4.69, 9.17) is 4.74 Å². The molecule has 0 aromatic heterocycles. The highest BCUT2D eigenvalue weighted by molar-refractivity contribution is 5.85. The maximum Gasteiger partial charge on any atom is 0.243 e. The zero-order valence-corrected chi connectivity index (χ0v) is 19.0. The van der Waals surface area contributed by atoms with E-state index in [9.17, 15) is 4.79 Å². The zero-order valence-electron chi connectivity index (χ0n) is 19.0. The molecule has 2 aliphatic heterocycles. The Kier molecular flexibility index (Phi) is 7.14. The molecule has 7 heteroatoms. The van der Waals surface area contributed by atoms with Crippen molar-refractivity contribution in [2.75, 3.05) is 45.2 Å². The molecule has 0 bridgehead atoms. The highest BCUT2D eigenvalue weighted by atomic mass is 16.5. The first-order chi connectivity index (χ1) is 15.6. The van der Waals surface area contributed by atoms with Crippen LogP contribution in [-0.2, 0) is 4.79 Å². The number of carbonyl (C=O) groups excluding carboxylic acids is 1. The molecule has 4 rings (SSSR count). The molecule has 1 saturated heterocycles. The van der Waals surface area contributed by atoms with Gasteiger partial charge in [-0.25, -0.2) is 4.99 Å². The van der Waals surface area contributed by atoms with E-state index in [1.54, 1.807) is 19.0 Å². The number of nitrogens with one attached hydrogen (secondary N) is 2. The minimum atomic E-state index is -0.0203. The molecule has 0 spiro atoms. The number of aliphatic imine (C=N–C) groups is 1. The van der Waals surface area contributed by atoms with Gasteiger partial charge in [0.25, 0.3) is 0 Å². The van der Waals surface area contributed by atoms with Gasteiger partial charge in [-0.3, -0.25) is 4.79 Å². The summed E-state index contributed by atoms with van der Waals surface area (Å²) in [5.41, 5.74) is 2.37. The van der Waals surface area contributed by atoms with Crippen LogP contribution < -0.4 is 20.3 Å². The second-order valence-corrected chi connectivity index (χ2v) is 8.59. The van der Waals surface area contributed by atoms with Gasteiger partial charge in [0.15, 0.2) is 5.96 Å². The normalized spacial score (nSPS) is 20.7. The van der Waals surface area contributed by atoms with Crippen LogP contribution in [0, 0.1) is 0 Å². The molecule has 2 heterocycles. The number of hydrogen-bond donors (Lipinski definition) is 2. The summed E-state index contributed by atoms with van der Waals surface area (Å²) in [5, 5.41) is 7.19. The topological polar surface area (TPSA) is 69.2 Å². The van der Waals surface area contributed by atoms with Crippen LogP contribution >= 0.6 is 0 Å². The molecule has 2 aromatic carbocycles. The van der Waals surface area contributed by atoms with E-state index in [0.717, 1.165) is 43.7 Å². The molecule has 0 saturated carbocycles. The van der Waals surface area contributed by atoms with Crippen molar-refractivity contribution in [3.63, 3.8) is 0 Å². The van der Waals surface area contributed by atoms with E-state index in [1.165, 1.54) is 5.69 Å². The molecule has 170 valence electrons. The molecule has 32 heavy (non-hydrogen) atoms. The number of guanidine groups is 1. The van der Waals surface area contributed by atoms with Crippen molar-refractivity contribution in [3.05, 3.63) is 60.2 Å². The molecule has 2 atom stereocenters. The summed E-state index contributed by atoms with van der Waals surface area (Å²) in [6.45, 7) is 2.72. The standard InChI is InChI=1S/C25H33N5O2/c1-29(2)24(31)17-26-25(28-22-14-16-32-23-13-7-6-12-21(22)23)27-19-9-8-15-30(18-19)20-10-4-3-5-11-20/h3-7,10-13,19,22H,8-9,14-18H2,1-2H3,(H2,26,27,28). The van der Waals surface area contributed by atoms with Crippen LogP contribution in [0.4, 0.5) is 5.69 Å². The van der Waals surface area contributed by atoms with Crippen LogP contribution in [0.3, 0.4) is 0 Å². The minimum Gasteiger partial charge on any atom is -0.493 e. The first kappa shape index (κ1) is 22.0. The Morgan fingerprint density at radius 2 is 1.88 bits per heavy atom. The molecule has 1 fully saturated rings. The van der Waals surface area contributed by atoms with Crippen molar-refractivity contribution in [2.24, 2.45) is 4.99 Å². The molecule has 2 N–H and O–H groups in total. The van der Waals surface area contributed by atoms with E-state index >= 15 is 0 Å². The summed E-state index contributed by atoms with van der Waals surface area (Å²) < 4.78 is 5.81. The predicted molar refractivity (Wildman–Crippen MR) is 128 cm³/mol. The number of anilines is 1. The monoisotopic (exact) mass is 435 g/mol. The van der Waals surface area contributed by atoms with Gasteiger partial charge in [0.2, 0.25) is 5.91 Å². The minimum absolute atomic E-state index is 0.0203. The Bertz CT molecular complexity index is 931.